The third-order valence-corrected chi connectivity index (χ3v) is 3.70. The first kappa shape index (κ1) is 19.2. The molecule has 5 nitrogen and oxygen atoms in total. The molecule has 0 aliphatic rings. The lowest BCUT2D eigenvalue weighted by Gasteiger charge is -2.11. The normalized spacial score (nSPS) is 10.5. The molecule has 0 aliphatic carbocycles. The van der Waals surface area contributed by atoms with E-state index in [0.717, 1.165) is 24.2 Å². The molecule has 0 fully saturated rings. The van der Waals surface area contributed by atoms with E-state index < -0.39 is 0 Å². The van der Waals surface area contributed by atoms with Crippen molar-refractivity contribution in [1.29, 1.82) is 0 Å². The highest BCUT2D eigenvalue weighted by Gasteiger charge is 2.06. The van der Waals surface area contributed by atoms with Gasteiger partial charge in [0.25, 0.3) is 0 Å². The second kappa shape index (κ2) is 10.00. The van der Waals surface area contributed by atoms with Gasteiger partial charge in [0.15, 0.2) is 0 Å². The van der Waals surface area contributed by atoms with Crippen LogP contribution in [-0.4, -0.2) is 26.7 Å². The lowest BCUT2D eigenvalue weighted by Crippen LogP contribution is -2.07. The van der Waals surface area contributed by atoms with Crippen LogP contribution in [0.25, 0.3) is 0 Å². The number of esters is 1. The summed E-state index contributed by atoms with van der Waals surface area (Å²) in [6, 6.07) is 14.6. The number of azo groups is 1. The quantitative estimate of drug-likeness (QED) is 0.287. The number of hydrogen-bond donors (Lipinski definition) is 0. The Morgan fingerprint density at radius 1 is 1.00 bits per heavy atom. The number of benzene rings is 2. The van der Waals surface area contributed by atoms with Crippen LogP contribution < -0.4 is 4.90 Å². The molecule has 0 saturated carbocycles. The second-order valence-electron chi connectivity index (χ2n) is 5.95. The van der Waals surface area contributed by atoms with Gasteiger partial charge in [0.1, 0.15) is 0 Å². The van der Waals surface area contributed by atoms with Gasteiger partial charge < -0.3 is 9.64 Å². The van der Waals surface area contributed by atoms with E-state index in [-0.39, 0.29) is 5.97 Å². The number of rotatable bonds is 8. The summed E-state index contributed by atoms with van der Waals surface area (Å²) in [6.45, 7) is 0.380. The van der Waals surface area contributed by atoms with Crippen LogP contribution in [0.2, 0.25) is 0 Å². The molecule has 0 aliphatic heterocycles. The van der Waals surface area contributed by atoms with Crippen molar-refractivity contribution in [2.75, 3.05) is 25.6 Å². The third kappa shape index (κ3) is 6.06. The van der Waals surface area contributed by atoms with E-state index in [1.807, 2.05) is 43.3 Å². The first-order chi connectivity index (χ1) is 12.6. The van der Waals surface area contributed by atoms with E-state index in [9.17, 15) is 4.79 Å². The Hall–Kier alpha value is -3.13. The van der Waals surface area contributed by atoms with Gasteiger partial charge in [-0.2, -0.15) is 10.2 Å². The van der Waals surface area contributed by atoms with E-state index in [4.69, 9.17) is 11.2 Å². The smallest absolute Gasteiger partial charge is 0.338 e. The molecule has 0 heterocycles. The first-order valence-electron chi connectivity index (χ1n) is 8.50. The monoisotopic (exact) mass is 349 g/mol. The molecule has 134 valence electrons. The van der Waals surface area contributed by atoms with Crippen molar-refractivity contribution < 1.29 is 9.53 Å². The SMILES string of the molecule is C#CCCCCOC(=O)c1ccc(/N=N/c2ccc(N(C)C)cc2)cc1. The van der Waals surface area contributed by atoms with Gasteiger partial charge in [-0.05, 0) is 61.4 Å². The number of terminal acetylenes is 1. The standard InChI is InChI=1S/C21H23N3O2/c1-4-5-6-7-16-26-21(25)17-8-10-18(11-9-17)22-23-19-12-14-20(15-13-19)24(2)3/h1,8-15H,5-7,16H2,2-3H3/b23-22+. The zero-order valence-corrected chi connectivity index (χ0v) is 15.2. The Bertz CT molecular complexity index is 772. The summed E-state index contributed by atoms with van der Waals surface area (Å²) in [5.41, 5.74) is 3.04. The Kier molecular flexibility index (Phi) is 7.38. The number of ether oxygens (including phenoxy) is 1. The number of carbonyl (C=O) groups is 1. The Morgan fingerprint density at radius 3 is 2.12 bits per heavy atom. The van der Waals surface area contributed by atoms with Gasteiger partial charge in [0, 0.05) is 26.2 Å². The molecule has 0 aromatic heterocycles. The van der Waals surface area contributed by atoms with Gasteiger partial charge in [0.2, 0.25) is 0 Å². The molecule has 0 bridgehead atoms. The molecule has 26 heavy (non-hydrogen) atoms. The third-order valence-electron chi connectivity index (χ3n) is 3.70. The fourth-order valence-corrected chi connectivity index (χ4v) is 2.17. The van der Waals surface area contributed by atoms with Crippen LogP contribution in [0.4, 0.5) is 17.1 Å². The van der Waals surface area contributed by atoms with Crippen molar-refractivity contribution in [3.8, 4) is 12.3 Å². The summed E-state index contributed by atoms with van der Waals surface area (Å²) < 4.78 is 5.21. The van der Waals surface area contributed by atoms with Crippen LogP contribution in [0, 0.1) is 12.3 Å². The summed E-state index contributed by atoms with van der Waals surface area (Å²) >= 11 is 0. The van der Waals surface area contributed by atoms with Crippen molar-refractivity contribution >= 4 is 23.0 Å². The lowest BCUT2D eigenvalue weighted by atomic mass is 10.2. The van der Waals surface area contributed by atoms with Crippen molar-refractivity contribution in [3.05, 3.63) is 54.1 Å². The maximum atomic E-state index is 11.9. The molecule has 0 unspecified atom stereocenters. The predicted molar refractivity (Wildman–Crippen MR) is 104 cm³/mol. The molecule has 5 heteroatoms. The summed E-state index contributed by atoms with van der Waals surface area (Å²) in [5.74, 6) is 2.22. The van der Waals surface area contributed by atoms with E-state index in [2.05, 4.69) is 16.1 Å². The Balaban J connectivity index is 1.88. The lowest BCUT2D eigenvalue weighted by molar-refractivity contribution is 0.0499. The number of anilines is 1. The summed E-state index contributed by atoms with van der Waals surface area (Å²) in [5, 5.41) is 8.39. The molecule has 0 radical (unpaired) electrons. The molecule has 2 rings (SSSR count). The number of carbonyl (C=O) groups excluding carboxylic acids is 1. The minimum absolute atomic E-state index is 0.339. The van der Waals surface area contributed by atoms with E-state index in [0.29, 0.717) is 24.3 Å². The highest BCUT2D eigenvalue weighted by Crippen LogP contribution is 2.21. The van der Waals surface area contributed by atoms with E-state index >= 15 is 0 Å². The maximum absolute atomic E-state index is 11.9. The second-order valence-corrected chi connectivity index (χ2v) is 5.95. The molecule has 2 aromatic carbocycles. The fourth-order valence-electron chi connectivity index (χ4n) is 2.17. The number of hydrogen-bond acceptors (Lipinski definition) is 5. The fraction of sp³-hybridized carbons (Fsp3) is 0.286. The number of nitrogens with zero attached hydrogens (tertiary/aromatic N) is 3. The average molecular weight is 349 g/mol. The van der Waals surface area contributed by atoms with E-state index in [1.54, 1.807) is 24.3 Å². The zero-order valence-electron chi connectivity index (χ0n) is 15.2. The molecule has 0 spiro atoms. The molecule has 2 aromatic rings. The average Bonchev–Trinajstić information content (AvgIpc) is 2.66. The summed E-state index contributed by atoms with van der Waals surface area (Å²) in [6.07, 6.45) is 7.52. The van der Waals surface area contributed by atoms with Crippen molar-refractivity contribution in [3.63, 3.8) is 0 Å². The molecule has 0 saturated heterocycles. The first-order valence-corrected chi connectivity index (χ1v) is 8.50. The minimum Gasteiger partial charge on any atom is -0.462 e. The van der Waals surface area contributed by atoms with Crippen LogP contribution in [0.15, 0.2) is 58.8 Å². The topological polar surface area (TPSA) is 54.3 Å². The molecular formula is C21H23N3O2. The molecule has 0 atom stereocenters. The van der Waals surface area contributed by atoms with Crippen LogP contribution in [0.1, 0.15) is 29.6 Å². The van der Waals surface area contributed by atoms with Gasteiger partial charge in [-0.1, -0.05) is 0 Å². The predicted octanol–water partition coefficient (Wildman–Crippen LogP) is 5.13. The Labute approximate surface area is 154 Å². The molecule has 0 N–H and O–H groups in total. The van der Waals surface area contributed by atoms with E-state index in [1.165, 1.54) is 0 Å². The van der Waals surface area contributed by atoms with Gasteiger partial charge in [-0.15, -0.1) is 12.3 Å². The molecular weight excluding hydrogens is 326 g/mol. The van der Waals surface area contributed by atoms with Crippen LogP contribution >= 0.6 is 0 Å². The molecule has 0 amide bonds. The van der Waals surface area contributed by atoms with Crippen LogP contribution in [-0.2, 0) is 4.74 Å². The Morgan fingerprint density at radius 2 is 1.58 bits per heavy atom. The highest BCUT2D eigenvalue weighted by molar-refractivity contribution is 5.89. The van der Waals surface area contributed by atoms with Crippen LogP contribution in [0.5, 0.6) is 0 Å². The minimum atomic E-state index is -0.339. The van der Waals surface area contributed by atoms with Crippen molar-refractivity contribution in [1.82, 2.24) is 0 Å². The number of unbranched alkanes of at least 4 members (excludes halogenated alkanes) is 2. The maximum Gasteiger partial charge on any atom is 0.338 e. The van der Waals surface area contributed by atoms with Gasteiger partial charge in [0.05, 0.1) is 23.5 Å². The van der Waals surface area contributed by atoms with Crippen molar-refractivity contribution in [2.24, 2.45) is 10.2 Å². The summed E-state index contributed by atoms with van der Waals surface area (Å²) in [7, 11) is 3.97. The van der Waals surface area contributed by atoms with Crippen LogP contribution in [0.3, 0.4) is 0 Å². The zero-order chi connectivity index (χ0) is 18.8. The van der Waals surface area contributed by atoms with Gasteiger partial charge >= 0.3 is 5.97 Å². The largest absolute Gasteiger partial charge is 0.462 e. The summed E-state index contributed by atoms with van der Waals surface area (Å²) in [4.78, 5) is 14.0. The van der Waals surface area contributed by atoms with Gasteiger partial charge in [-0.3, -0.25) is 0 Å². The van der Waals surface area contributed by atoms with Crippen molar-refractivity contribution in [2.45, 2.75) is 19.3 Å². The highest BCUT2D eigenvalue weighted by atomic mass is 16.5. The van der Waals surface area contributed by atoms with Gasteiger partial charge in [-0.25, -0.2) is 4.79 Å².